The Hall–Kier alpha value is -1.51. The molecule has 1 N–H and O–H groups in total. The lowest BCUT2D eigenvalue weighted by molar-refractivity contribution is 0.402. The van der Waals surface area contributed by atoms with Crippen molar-refractivity contribution >= 4 is 10.9 Å². The third kappa shape index (κ3) is 0.863. The predicted molar refractivity (Wildman–Crippen MR) is 47.4 cm³/mol. The highest BCUT2D eigenvalue weighted by Crippen LogP contribution is 2.23. The Bertz CT molecular complexity index is 406. The van der Waals surface area contributed by atoms with Crippen molar-refractivity contribution in [1.82, 2.24) is 9.97 Å². The molecule has 0 aromatic carbocycles. The van der Waals surface area contributed by atoms with E-state index < -0.39 is 0 Å². The summed E-state index contributed by atoms with van der Waals surface area (Å²) in [5, 5.41) is 1.17. The molecule has 0 radical (unpaired) electrons. The number of methoxy groups -OCH3 is 1. The summed E-state index contributed by atoms with van der Waals surface area (Å²) in [6, 6.07) is 2.02. The number of hydrogen-bond acceptors (Lipinski definition) is 2. The summed E-state index contributed by atoms with van der Waals surface area (Å²) >= 11 is 0. The Kier molecular flexibility index (Phi) is 1.50. The average Bonchev–Trinajstić information content (AvgIpc) is 2.54. The van der Waals surface area contributed by atoms with Crippen LogP contribution < -0.4 is 4.74 Å². The van der Waals surface area contributed by atoms with E-state index in [9.17, 15) is 0 Å². The van der Waals surface area contributed by atoms with Crippen molar-refractivity contribution in [2.75, 3.05) is 7.11 Å². The van der Waals surface area contributed by atoms with Crippen LogP contribution in [0.1, 0.15) is 5.56 Å². The molecule has 0 fully saturated rings. The van der Waals surface area contributed by atoms with Crippen LogP contribution in [0.5, 0.6) is 5.88 Å². The van der Waals surface area contributed by atoms with Crippen molar-refractivity contribution in [2.45, 2.75) is 6.92 Å². The SMILES string of the molecule is COc1ncc(C)c2cc[nH]c12. The molecular formula is C9H10N2O. The van der Waals surface area contributed by atoms with Gasteiger partial charge in [-0.05, 0) is 18.6 Å². The molecule has 62 valence electrons. The molecular weight excluding hydrogens is 152 g/mol. The summed E-state index contributed by atoms with van der Waals surface area (Å²) in [7, 11) is 1.62. The molecule has 3 heteroatoms. The van der Waals surface area contributed by atoms with E-state index in [1.165, 1.54) is 5.39 Å². The average molecular weight is 162 g/mol. The number of pyridine rings is 1. The maximum atomic E-state index is 5.10. The van der Waals surface area contributed by atoms with Crippen molar-refractivity contribution in [3.63, 3.8) is 0 Å². The molecule has 2 aromatic heterocycles. The molecule has 2 rings (SSSR count). The van der Waals surface area contributed by atoms with Gasteiger partial charge in [-0.1, -0.05) is 0 Å². The topological polar surface area (TPSA) is 37.9 Å². The smallest absolute Gasteiger partial charge is 0.238 e. The first-order chi connectivity index (χ1) is 5.83. The molecule has 0 unspecified atom stereocenters. The first-order valence-corrected chi connectivity index (χ1v) is 3.79. The summed E-state index contributed by atoms with van der Waals surface area (Å²) in [6.45, 7) is 2.03. The maximum absolute atomic E-state index is 5.10. The van der Waals surface area contributed by atoms with Gasteiger partial charge < -0.3 is 9.72 Å². The summed E-state index contributed by atoms with van der Waals surface area (Å²) in [4.78, 5) is 7.24. The zero-order valence-electron chi connectivity index (χ0n) is 7.09. The van der Waals surface area contributed by atoms with Gasteiger partial charge in [-0.3, -0.25) is 0 Å². The van der Waals surface area contributed by atoms with Gasteiger partial charge in [0.25, 0.3) is 0 Å². The quantitative estimate of drug-likeness (QED) is 0.695. The van der Waals surface area contributed by atoms with Crippen molar-refractivity contribution in [2.24, 2.45) is 0 Å². The predicted octanol–water partition coefficient (Wildman–Crippen LogP) is 1.88. The summed E-state index contributed by atoms with van der Waals surface area (Å²) in [5.74, 6) is 0.653. The minimum absolute atomic E-state index is 0.653. The second-order valence-electron chi connectivity index (χ2n) is 2.72. The van der Waals surface area contributed by atoms with E-state index in [0.717, 1.165) is 11.1 Å². The van der Waals surface area contributed by atoms with Crippen LogP contribution in [0, 0.1) is 6.92 Å². The van der Waals surface area contributed by atoms with Crippen LogP contribution in [0.2, 0.25) is 0 Å². The first-order valence-electron chi connectivity index (χ1n) is 3.79. The van der Waals surface area contributed by atoms with Crippen LogP contribution in [-0.2, 0) is 0 Å². The van der Waals surface area contributed by atoms with Gasteiger partial charge in [-0.15, -0.1) is 0 Å². The Labute approximate surface area is 70.4 Å². The highest BCUT2D eigenvalue weighted by molar-refractivity contribution is 5.86. The molecule has 0 amide bonds. The Morgan fingerprint density at radius 3 is 3.08 bits per heavy atom. The van der Waals surface area contributed by atoms with Gasteiger partial charge in [-0.25, -0.2) is 4.98 Å². The number of nitrogens with zero attached hydrogens (tertiary/aromatic N) is 1. The van der Waals surface area contributed by atoms with Gasteiger partial charge in [0, 0.05) is 17.8 Å². The van der Waals surface area contributed by atoms with Crippen LogP contribution in [-0.4, -0.2) is 17.1 Å². The molecule has 3 nitrogen and oxygen atoms in total. The zero-order valence-corrected chi connectivity index (χ0v) is 7.09. The fraction of sp³-hybridized carbons (Fsp3) is 0.222. The van der Waals surface area contributed by atoms with Crippen molar-refractivity contribution in [3.8, 4) is 5.88 Å². The number of hydrogen-bond donors (Lipinski definition) is 1. The second kappa shape index (κ2) is 2.52. The van der Waals surface area contributed by atoms with Crippen molar-refractivity contribution in [1.29, 1.82) is 0 Å². The van der Waals surface area contributed by atoms with E-state index in [1.54, 1.807) is 7.11 Å². The lowest BCUT2D eigenvalue weighted by Crippen LogP contribution is -1.89. The van der Waals surface area contributed by atoms with Gasteiger partial charge in [0.1, 0.15) is 5.52 Å². The third-order valence-corrected chi connectivity index (χ3v) is 1.95. The van der Waals surface area contributed by atoms with Crippen LogP contribution >= 0.6 is 0 Å². The maximum Gasteiger partial charge on any atom is 0.238 e. The minimum Gasteiger partial charge on any atom is -0.479 e. The summed E-state index contributed by atoms with van der Waals surface area (Å²) < 4.78 is 5.10. The standard InChI is InChI=1S/C9H10N2O/c1-6-5-11-9(12-2)8-7(6)3-4-10-8/h3-5,10H,1-2H3. The Balaban J connectivity index is 2.82. The summed E-state index contributed by atoms with van der Waals surface area (Å²) in [5.41, 5.74) is 2.13. The Morgan fingerprint density at radius 2 is 2.33 bits per heavy atom. The lowest BCUT2D eigenvalue weighted by Gasteiger charge is -2.01. The van der Waals surface area contributed by atoms with Crippen molar-refractivity contribution < 1.29 is 4.74 Å². The zero-order chi connectivity index (χ0) is 8.55. The van der Waals surface area contributed by atoms with Crippen LogP contribution in [0.15, 0.2) is 18.5 Å². The number of ether oxygens (including phenoxy) is 1. The number of nitrogens with one attached hydrogen (secondary N) is 1. The monoisotopic (exact) mass is 162 g/mol. The van der Waals surface area contributed by atoms with Crippen LogP contribution in [0.4, 0.5) is 0 Å². The molecule has 0 saturated carbocycles. The highest BCUT2D eigenvalue weighted by atomic mass is 16.5. The van der Waals surface area contributed by atoms with Gasteiger partial charge in [0.05, 0.1) is 7.11 Å². The lowest BCUT2D eigenvalue weighted by atomic mass is 10.2. The minimum atomic E-state index is 0.653. The fourth-order valence-electron chi connectivity index (χ4n) is 1.32. The molecule has 0 saturated heterocycles. The van der Waals surface area contributed by atoms with E-state index in [0.29, 0.717) is 5.88 Å². The number of fused-ring (bicyclic) bond motifs is 1. The van der Waals surface area contributed by atoms with Crippen LogP contribution in [0.25, 0.3) is 10.9 Å². The molecule has 2 aromatic rings. The molecule has 0 aliphatic rings. The molecule has 0 bridgehead atoms. The number of aromatic amines is 1. The number of H-pyrrole nitrogens is 1. The molecule has 0 aliphatic heterocycles. The number of rotatable bonds is 1. The van der Waals surface area contributed by atoms with Gasteiger partial charge in [-0.2, -0.15) is 0 Å². The normalized spacial score (nSPS) is 10.5. The Morgan fingerprint density at radius 1 is 1.50 bits per heavy atom. The third-order valence-electron chi connectivity index (χ3n) is 1.95. The molecule has 0 aliphatic carbocycles. The molecule has 0 atom stereocenters. The first kappa shape index (κ1) is 7.16. The fourth-order valence-corrected chi connectivity index (χ4v) is 1.32. The summed E-state index contributed by atoms with van der Waals surface area (Å²) in [6.07, 6.45) is 3.71. The highest BCUT2D eigenvalue weighted by Gasteiger charge is 2.04. The van der Waals surface area contributed by atoms with E-state index >= 15 is 0 Å². The van der Waals surface area contributed by atoms with E-state index in [4.69, 9.17) is 4.74 Å². The van der Waals surface area contributed by atoms with Gasteiger partial charge >= 0.3 is 0 Å². The number of aryl methyl sites for hydroxylation is 1. The second-order valence-corrected chi connectivity index (χ2v) is 2.72. The van der Waals surface area contributed by atoms with Crippen molar-refractivity contribution in [3.05, 3.63) is 24.0 Å². The van der Waals surface area contributed by atoms with Gasteiger partial charge in [0.2, 0.25) is 5.88 Å². The molecule has 0 spiro atoms. The molecule has 2 heterocycles. The largest absolute Gasteiger partial charge is 0.479 e. The molecule has 12 heavy (non-hydrogen) atoms. The van der Waals surface area contributed by atoms with E-state index in [2.05, 4.69) is 9.97 Å². The van der Waals surface area contributed by atoms with E-state index in [-0.39, 0.29) is 0 Å². The van der Waals surface area contributed by atoms with Gasteiger partial charge in [0.15, 0.2) is 0 Å². The van der Waals surface area contributed by atoms with Crippen LogP contribution in [0.3, 0.4) is 0 Å². The van der Waals surface area contributed by atoms with E-state index in [1.807, 2.05) is 25.4 Å². The number of aromatic nitrogens is 2.